The minimum atomic E-state index is -0.798. The van der Waals surface area contributed by atoms with E-state index in [1.807, 2.05) is 19.9 Å². The van der Waals surface area contributed by atoms with Crippen molar-refractivity contribution in [3.05, 3.63) is 53.1 Å². The highest BCUT2D eigenvalue weighted by atomic mass is 16.6. The predicted octanol–water partition coefficient (Wildman–Crippen LogP) is 3.40. The van der Waals surface area contributed by atoms with Gasteiger partial charge >= 0.3 is 0 Å². The average Bonchev–Trinajstić information content (AvgIpc) is 3.23. The van der Waals surface area contributed by atoms with Gasteiger partial charge in [0.1, 0.15) is 19.0 Å². The van der Waals surface area contributed by atoms with E-state index in [0.29, 0.717) is 86.7 Å². The van der Waals surface area contributed by atoms with Crippen molar-refractivity contribution in [2.75, 3.05) is 65.8 Å². The molecule has 0 spiro atoms. The van der Waals surface area contributed by atoms with Crippen LogP contribution in [0, 0.1) is 0 Å². The van der Waals surface area contributed by atoms with Gasteiger partial charge in [-0.25, -0.2) is 0 Å². The van der Waals surface area contributed by atoms with Crippen LogP contribution in [0.5, 0.6) is 23.0 Å². The Labute approximate surface area is 234 Å². The zero-order valence-corrected chi connectivity index (χ0v) is 23.0. The maximum Gasteiger partial charge on any atom is 0.295 e. The van der Waals surface area contributed by atoms with Gasteiger partial charge in [-0.1, -0.05) is 6.07 Å². The maximum absolute atomic E-state index is 13.5. The monoisotopic (exact) mass is 552 g/mol. The molecule has 0 saturated carbocycles. The molecule has 0 aromatic heterocycles. The van der Waals surface area contributed by atoms with Gasteiger partial charge in [0.05, 0.1) is 38.0 Å². The summed E-state index contributed by atoms with van der Waals surface area (Å²) in [5.74, 6) is 0.503. The number of ketones is 1. The summed E-state index contributed by atoms with van der Waals surface area (Å²) >= 11 is 0. The SMILES string of the molecule is CCOc1ccc([C@@H]2C(=C(O)c3ccc4c(c3)OCCO4)C(=O)C(=O)N2CCCN2CCOCC2)cc1OCC. The highest BCUT2D eigenvalue weighted by Crippen LogP contribution is 2.43. The zero-order valence-electron chi connectivity index (χ0n) is 23.0. The number of aliphatic hydroxyl groups is 1. The van der Waals surface area contributed by atoms with E-state index in [1.165, 1.54) is 0 Å². The summed E-state index contributed by atoms with van der Waals surface area (Å²) in [5.41, 5.74) is 1.05. The second-order valence-corrected chi connectivity index (χ2v) is 9.73. The number of ether oxygens (including phenoxy) is 5. The van der Waals surface area contributed by atoms with E-state index >= 15 is 0 Å². The summed E-state index contributed by atoms with van der Waals surface area (Å²) < 4.78 is 28.3. The van der Waals surface area contributed by atoms with E-state index in [9.17, 15) is 14.7 Å². The number of fused-ring (bicyclic) bond motifs is 1. The third-order valence-corrected chi connectivity index (χ3v) is 7.22. The molecular weight excluding hydrogens is 516 g/mol. The van der Waals surface area contributed by atoms with Crippen LogP contribution in [0.3, 0.4) is 0 Å². The molecule has 2 fully saturated rings. The molecule has 10 heteroatoms. The third kappa shape index (κ3) is 5.73. The molecule has 3 aliphatic heterocycles. The Morgan fingerprint density at radius 3 is 2.38 bits per heavy atom. The zero-order chi connectivity index (χ0) is 28.1. The molecule has 10 nitrogen and oxygen atoms in total. The molecule has 2 saturated heterocycles. The molecule has 3 aliphatic rings. The quantitative estimate of drug-likeness (QED) is 0.270. The van der Waals surface area contributed by atoms with E-state index in [-0.39, 0.29) is 11.3 Å². The van der Waals surface area contributed by atoms with Gasteiger partial charge < -0.3 is 33.7 Å². The van der Waals surface area contributed by atoms with E-state index in [2.05, 4.69) is 4.90 Å². The van der Waals surface area contributed by atoms with Crippen LogP contribution in [0.2, 0.25) is 0 Å². The number of likely N-dealkylation sites (tertiary alicyclic amines) is 1. The Bertz CT molecular complexity index is 1270. The number of nitrogens with zero attached hydrogens (tertiary/aromatic N) is 2. The lowest BCUT2D eigenvalue weighted by atomic mass is 9.94. The maximum atomic E-state index is 13.5. The number of carbonyl (C=O) groups is 2. The van der Waals surface area contributed by atoms with Crippen molar-refractivity contribution in [1.29, 1.82) is 0 Å². The van der Waals surface area contributed by atoms with Crippen molar-refractivity contribution >= 4 is 17.4 Å². The van der Waals surface area contributed by atoms with Gasteiger partial charge in [0.25, 0.3) is 11.7 Å². The first-order chi connectivity index (χ1) is 19.5. The Morgan fingerprint density at radius 2 is 1.62 bits per heavy atom. The van der Waals surface area contributed by atoms with Gasteiger partial charge in [-0.05, 0) is 56.2 Å². The number of hydrogen-bond donors (Lipinski definition) is 1. The molecular formula is C30H36N2O8. The Morgan fingerprint density at radius 1 is 0.900 bits per heavy atom. The fourth-order valence-corrected chi connectivity index (χ4v) is 5.33. The molecule has 2 aromatic carbocycles. The molecule has 5 rings (SSSR count). The predicted molar refractivity (Wildman–Crippen MR) is 147 cm³/mol. The number of carbonyl (C=O) groups excluding carboxylic acids is 2. The summed E-state index contributed by atoms with van der Waals surface area (Å²) in [6.45, 7) is 9.64. The van der Waals surface area contributed by atoms with E-state index in [1.54, 1.807) is 35.2 Å². The molecule has 0 unspecified atom stereocenters. The van der Waals surface area contributed by atoms with Gasteiger partial charge in [-0.2, -0.15) is 0 Å². The lowest BCUT2D eigenvalue weighted by molar-refractivity contribution is -0.140. The number of Topliss-reactive ketones (excluding diaryl/α,β-unsaturated/α-hetero) is 1. The molecule has 0 aliphatic carbocycles. The van der Waals surface area contributed by atoms with Crippen LogP contribution >= 0.6 is 0 Å². The second-order valence-electron chi connectivity index (χ2n) is 9.73. The van der Waals surface area contributed by atoms with Crippen LogP contribution in [-0.2, 0) is 14.3 Å². The Hall–Kier alpha value is -3.76. The van der Waals surface area contributed by atoms with Crippen LogP contribution in [0.15, 0.2) is 42.0 Å². The van der Waals surface area contributed by atoms with Crippen LogP contribution in [0.25, 0.3) is 5.76 Å². The topological polar surface area (TPSA) is 107 Å². The number of rotatable bonds is 10. The van der Waals surface area contributed by atoms with Gasteiger partial charge in [-0.3, -0.25) is 14.5 Å². The first-order valence-electron chi connectivity index (χ1n) is 13.9. The fourth-order valence-electron chi connectivity index (χ4n) is 5.33. The number of benzene rings is 2. The van der Waals surface area contributed by atoms with E-state index in [4.69, 9.17) is 23.7 Å². The summed E-state index contributed by atoms with van der Waals surface area (Å²) in [6.07, 6.45) is 0.670. The minimum absolute atomic E-state index is 0.0275. The third-order valence-electron chi connectivity index (χ3n) is 7.22. The lowest BCUT2D eigenvalue weighted by Crippen LogP contribution is -2.39. The fraction of sp³-hybridized carbons (Fsp3) is 0.467. The molecule has 214 valence electrons. The molecule has 1 N–H and O–H groups in total. The number of morpholine rings is 1. The number of hydrogen-bond acceptors (Lipinski definition) is 9. The van der Waals surface area contributed by atoms with Gasteiger partial charge in [0.2, 0.25) is 0 Å². The summed E-state index contributed by atoms with van der Waals surface area (Å²) in [7, 11) is 0. The van der Waals surface area contributed by atoms with E-state index < -0.39 is 17.7 Å². The van der Waals surface area contributed by atoms with Crippen molar-refractivity contribution in [3.63, 3.8) is 0 Å². The summed E-state index contributed by atoms with van der Waals surface area (Å²) in [4.78, 5) is 30.8. The minimum Gasteiger partial charge on any atom is -0.507 e. The first kappa shape index (κ1) is 27.8. The molecule has 1 amide bonds. The van der Waals surface area contributed by atoms with Gasteiger partial charge in [0, 0.05) is 31.7 Å². The first-order valence-corrected chi connectivity index (χ1v) is 13.9. The second kappa shape index (κ2) is 12.6. The number of amides is 1. The van der Waals surface area contributed by atoms with Gasteiger partial charge in [0.15, 0.2) is 23.0 Å². The van der Waals surface area contributed by atoms with Crippen LogP contribution in [0.4, 0.5) is 0 Å². The highest BCUT2D eigenvalue weighted by molar-refractivity contribution is 6.46. The molecule has 2 aromatic rings. The highest BCUT2D eigenvalue weighted by Gasteiger charge is 2.46. The normalized spacial score (nSPS) is 20.6. The van der Waals surface area contributed by atoms with Crippen molar-refractivity contribution in [2.24, 2.45) is 0 Å². The summed E-state index contributed by atoms with van der Waals surface area (Å²) in [6, 6.07) is 9.58. The molecule has 40 heavy (non-hydrogen) atoms. The Kier molecular flexibility index (Phi) is 8.76. The molecule has 0 bridgehead atoms. The van der Waals surface area contributed by atoms with Crippen LogP contribution in [0.1, 0.15) is 37.4 Å². The van der Waals surface area contributed by atoms with Gasteiger partial charge in [-0.15, -0.1) is 0 Å². The standard InChI is InChI=1S/C30H36N2O8/c1-3-37-22-8-6-20(18-24(22)38-4-2)27-26(28(33)21-7-9-23-25(19-21)40-17-16-39-23)29(34)30(35)32(27)11-5-10-31-12-14-36-15-13-31/h6-9,18-19,27,33H,3-5,10-17H2,1-2H3/t27-/m1/s1. The summed E-state index contributed by atoms with van der Waals surface area (Å²) in [5, 5.41) is 11.5. The smallest absolute Gasteiger partial charge is 0.295 e. The van der Waals surface area contributed by atoms with Crippen LogP contribution in [-0.4, -0.2) is 92.4 Å². The molecule has 0 radical (unpaired) electrons. The largest absolute Gasteiger partial charge is 0.507 e. The van der Waals surface area contributed by atoms with Crippen molar-refractivity contribution in [2.45, 2.75) is 26.3 Å². The van der Waals surface area contributed by atoms with Crippen LogP contribution < -0.4 is 18.9 Å². The van der Waals surface area contributed by atoms with E-state index in [0.717, 1.165) is 19.6 Å². The molecule has 3 heterocycles. The van der Waals surface area contributed by atoms with Crippen molar-refractivity contribution in [3.8, 4) is 23.0 Å². The average molecular weight is 553 g/mol. The lowest BCUT2D eigenvalue weighted by Gasteiger charge is -2.29. The molecule has 1 atom stereocenters. The van der Waals surface area contributed by atoms with Crippen molar-refractivity contribution in [1.82, 2.24) is 9.80 Å². The van der Waals surface area contributed by atoms with Crippen molar-refractivity contribution < 1.29 is 38.4 Å². The Balaban J connectivity index is 1.53. The number of aliphatic hydroxyl groups excluding tert-OH is 1.